The van der Waals surface area contributed by atoms with E-state index in [2.05, 4.69) is 11.9 Å². The van der Waals surface area contributed by atoms with E-state index >= 15 is 0 Å². The molecule has 7 heteroatoms. The highest BCUT2D eigenvalue weighted by molar-refractivity contribution is 5.71. The van der Waals surface area contributed by atoms with Crippen LogP contribution in [0.3, 0.4) is 0 Å². The number of rotatable bonds is 7. The average molecular weight is 307 g/mol. The van der Waals surface area contributed by atoms with Crippen LogP contribution >= 0.6 is 0 Å². The molecule has 122 valence electrons. The van der Waals surface area contributed by atoms with E-state index in [4.69, 9.17) is 5.73 Å². The normalized spacial score (nSPS) is 11.5. The topological polar surface area (TPSA) is 87.8 Å². The number of hydrogen-bond acceptors (Lipinski definition) is 4. The highest BCUT2D eigenvalue weighted by Crippen LogP contribution is 2.14. The Kier molecular flexibility index (Phi) is 5.18. The van der Waals surface area contributed by atoms with E-state index in [1.54, 1.807) is 4.57 Å². The van der Waals surface area contributed by atoms with Gasteiger partial charge in [-0.2, -0.15) is 0 Å². The van der Waals surface area contributed by atoms with Gasteiger partial charge < -0.3 is 10.3 Å². The number of imidazole rings is 1. The summed E-state index contributed by atoms with van der Waals surface area (Å²) in [4.78, 5) is 29.5. The molecule has 2 heterocycles. The van der Waals surface area contributed by atoms with E-state index < -0.39 is 0 Å². The maximum atomic E-state index is 12.6. The first kappa shape index (κ1) is 16.5. The van der Waals surface area contributed by atoms with Gasteiger partial charge in [0.1, 0.15) is 5.82 Å². The highest BCUT2D eigenvalue weighted by Gasteiger charge is 2.19. The van der Waals surface area contributed by atoms with Gasteiger partial charge in [0.05, 0.1) is 0 Å². The van der Waals surface area contributed by atoms with Crippen molar-refractivity contribution in [2.45, 2.75) is 52.6 Å². The number of nitrogens with two attached hydrogens (primary N) is 1. The summed E-state index contributed by atoms with van der Waals surface area (Å²) < 4.78 is 4.73. The number of aromatic nitrogens is 4. The Morgan fingerprint density at radius 2 is 1.82 bits per heavy atom. The van der Waals surface area contributed by atoms with Crippen LogP contribution in [0.5, 0.6) is 0 Å². The second-order valence-corrected chi connectivity index (χ2v) is 5.54. The molecule has 7 nitrogen and oxygen atoms in total. The minimum absolute atomic E-state index is 0.278. The molecule has 2 N–H and O–H groups in total. The molecule has 0 atom stereocenters. The molecule has 0 spiro atoms. The van der Waals surface area contributed by atoms with Crippen LogP contribution in [-0.2, 0) is 26.6 Å². The number of nitrogens with zero attached hydrogens (tertiary/aromatic N) is 4. The molecule has 22 heavy (non-hydrogen) atoms. The lowest BCUT2D eigenvalue weighted by molar-refractivity contribution is 0.604. The number of hydrogen-bond donors (Lipinski definition) is 1. The van der Waals surface area contributed by atoms with Crippen LogP contribution in [0.4, 0.5) is 0 Å². The third-order valence-corrected chi connectivity index (χ3v) is 3.82. The van der Waals surface area contributed by atoms with Crippen molar-refractivity contribution in [2.24, 2.45) is 12.8 Å². The zero-order valence-electron chi connectivity index (χ0n) is 13.6. The van der Waals surface area contributed by atoms with E-state index in [1.807, 2.05) is 11.5 Å². The Morgan fingerprint density at radius 1 is 1.09 bits per heavy atom. The molecule has 0 bridgehead atoms. The van der Waals surface area contributed by atoms with E-state index in [-0.39, 0.29) is 11.2 Å². The predicted octanol–water partition coefficient (Wildman–Crippen LogP) is 0.608. The van der Waals surface area contributed by atoms with Crippen LogP contribution in [0.2, 0.25) is 0 Å². The standard InChI is InChI=1S/C15H25N5O2/c1-4-7-11-17-13-12(19(11)10-6-8-16)14(21)18(3)15(22)20(13)9-5-2/h4-10,16H2,1-3H3. The Hall–Kier alpha value is -1.89. The van der Waals surface area contributed by atoms with Crippen molar-refractivity contribution < 1.29 is 0 Å². The van der Waals surface area contributed by atoms with Crippen LogP contribution < -0.4 is 17.0 Å². The first-order valence-electron chi connectivity index (χ1n) is 7.95. The lowest BCUT2D eigenvalue weighted by Gasteiger charge is -2.09. The third kappa shape index (κ3) is 2.72. The summed E-state index contributed by atoms with van der Waals surface area (Å²) in [6.07, 6.45) is 3.30. The molecule has 0 radical (unpaired) electrons. The van der Waals surface area contributed by atoms with Gasteiger partial charge in [0, 0.05) is 26.6 Å². The fourth-order valence-electron chi connectivity index (χ4n) is 2.73. The molecule has 0 amide bonds. The molecule has 2 aromatic rings. The fourth-order valence-corrected chi connectivity index (χ4v) is 2.73. The second-order valence-electron chi connectivity index (χ2n) is 5.54. The molecule has 0 aliphatic carbocycles. The van der Waals surface area contributed by atoms with Crippen LogP contribution in [0.1, 0.15) is 38.9 Å². The van der Waals surface area contributed by atoms with Crippen molar-refractivity contribution in [3.63, 3.8) is 0 Å². The van der Waals surface area contributed by atoms with Gasteiger partial charge in [0.2, 0.25) is 0 Å². The molecule has 0 saturated heterocycles. The summed E-state index contributed by atoms with van der Waals surface area (Å²) in [7, 11) is 1.52. The molecule has 0 fully saturated rings. The quantitative estimate of drug-likeness (QED) is 0.811. The van der Waals surface area contributed by atoms with Gasteiger partial charge in [-0.25, -0.2) is 9.78 Å². The van der Waals surface area contributed by atoms with Crippen LogP contribution in [0.15, 0.2) is 9.59 Å². The van der Waals surface area contributed by atoms with Gasteiger partial charge in [-0.05, 0) is 25.8 Å². The lowest BCUT2D eigenvalue weighted by Crippen LogP contribution is -2.38. The molecule has 0 saturated carbocycles. The maximum absolute atomic E-state index is 12.6. The summed E-state index contributed by atoms with van der Waals surface area (Å²) in [6, 6.07) is 0. The smallest absolute Gasteiger partial charge is 0.330 e. The van der Waals surface area contributed by atoms with Crippen LogP contribution in [0.25, 0.3) is 11.2 Å². The van der Waals surface area contributed by atoms with Crippen molar-refractivity contribution in [1.82, 2.24) is 18.7 Å². The van der Waals surface area contributed by atoms with E-state index in [9.17, 15) is 9.59 Å². The second kappa shape index (κ2) is 6.91. The molecule has 0 aliphatic rings. The highest BCUT2D eigenvalue weighted by atomic mass is 16.2. The minimum atomic E-state index is -0.300. The zero-order chi connectivity index (χ0) is 16.3. The summed E-state index contributed by atoms with van der Waals surface area (Å²) in [5.41, 5.74) is 6.06. The lowest BCUT2D eigenvalue weighted by atomic mass is 10.3. The minimum Gasteiger partial charge on any atom is -0.330 e. The third-order valence-electron chi connectivity index (χ3n) is 3.82. The van der Waals surface area contributed by atoms with Gasteiger partial charge in [-0.15, -0.1) is 0 Å². The monoisotopic (exact) mass is 307 g/mol. The van der Waals surface area contributed by atoms with Crippen LogP contribution in [0, 0.1) is 0 Å². The SMILES string of the molecule is CCCc1nc2c(c(=O)n(C)c(=O)n2CCC)n1CCCN. The Morgan fingerprint density at radius 3 is 2.41 bits per heavy atom. The van der Waals surface area contributed by atoms with Crippen molar-refractivity contribution in [3.05, 3.63) is 26.7 Å². The fraction of sp³-hybridized carbons (Fsp3) is 0.667. The summed E-state index contributed by atoms with van der Waals surface area (Å²) in [5, 5.41) is 0. The largest absolute Gasteiger partial charge is 0.332 e. The molecule has 2 aromatic heterocycles. The van der Waals surface area contributed by atoms with Crippen LogP contribution in [-0.4, -0.2) is 25.2 Å². The Balaban J connectivity index is 2.82. The van der Waals surface area contributed by atoms with Crippen molar-refractivity contribution in [1.29, 1.82) is 0 Å². The summed E-state index contributed by atoms with van der Waals surface area (Å²) in [6.45, 7) is 5.84. The first-order valence-corrected chi connectivity index (χ1v) is 7.95. The van der Waals surface area contributed by atoms with E-state index in [0.29, 0.717) is 30.8 Å². The van der Waals surface area contributed by atoms with Gasteiger partial charge in [0.15, 0.2) is 11.2 Å². The molecule has 2 rings (SSSR count). The first-order chi connectivity index (χ1) is 10.6. The number of fused-ring (bicyclic) bond motifs is 1. The maximum Gasteiger partial charge on any atom is 0.332 e. The van der Waals surface area contributed by atoms with E-state index in [0.717, 1.165) is 31.5 Å². The molecule has 0 unspecified atom stereocenters. The Labute approximate surface area is 129 Å². The van der Waals surface area contributed by atoms with Gasteiger partial charge in [-0.3, -0.25) is 13.9 Å². The molecule has 0 aromatic carbocycles. The predicted molar refractivity (Wildman–Crippen MR) is 87.2 cm³/mol. The summed E-state index contributed by atoms with van der Waals surface area (Å²) in [5.74, 6) is 0.860. The van der Waals surface area contributed by atoms with Gasteiger partial charge in [-0.1, -0.05) is 13.8 Å². The van der Waals surface area contributed by atoms with Crippen molar-refractivity contribution in [3.8, 4) is 0 Å². The molecular weight excluding hydrogens is 282 g/mol. The van der Waals surface area contributed by atoms with Crippen molar-refractivity contribution in [2.75, 3.05) is 6.54 Å². The molecular formula is C15H25N5O2. The summed E-state index contributed by atoms with van der Waals surface area (Å²) >= 11 is 0. The van der Waals surface area contributed by atoms with Gasteiger partial charge in [0.25, 0.3) is 5.56 Å². The Bertz CT molecular complexity index is 769. The average Bonchev–Trinajstić information content (AvgIpc) is 2.86. The number of aryl methyl sites for hydroxylation is 3. The van der Waals surface area contributed by atoms with E-state index in [1.165, 1.54) is 11.6 Å². The zero-order valence-corrected chi connectivity index (χ0v) is 13.6. The van der Waals surface area contributed by atoms with Gasteiger partial charge >= 0.3 is 5.69 Å². The molecule has 0 aliphatic heterocycles. The van der Waals surface area contributed by atoms with Crippen molar-refractivity contribution >= 4 is 11.2 Å².